The minimum absolute atomic E-state index is 0.121. The summed E-state index contributed by atoms with van der Waals surface area (Å²) >= 11 is 0. The number of carbonyl (C=O) groups excluding carboxylic acids is 3. The lowest BCUT2D eigenvalue weighted by atomic mass is 9.98. The molecular weight excluding hydrogens is 596 g/mol. The number of hydrogen-bond acceptors (Lipinski definition) is 8. The minimum atomic E-state index is -0.418. The quantitative estimate of drug-likeness (QED) is 0.186. The van der Waals surface area contributed by atoms with Crippen LogP contribution < -0.4 is 21.1 Å². The van der Waals surface area contributed by atoms with Crippen LogP contribution in [-0.2, 0) is 6.54 Å². The number of amides is 3. The Bertz CT molecular complexity index is 1710. The van der Waals surface area contributed by atoms with Gasteiger partial charge in [-0.25, -0.2) is 0 Å². The minimum Gasteiger partial charge on any atom is -0.486 e. The molecule has 3 amide bonds. The van der Waals surface area contributed by atoms with E-state index >= 15 is 0 Å². The molecule has 47 heavy (non-hydrogen) atoms. The number of fused-ring (bicyclic) bond motifs is 1. The number of ether oxygens (including phenoxy) is 1. The zero-order valence-corrected chi connectivity index (χ0v) is 26.7. The van der Waals surface area contributed by atoms with Gasteiger partial charge in [-0.2, -0.15) is 0 Å². The number of nitrogen functional groups attached to an aromatic ring is 1. The fourth-order valence-electron chi connectivity index (χ4n) is 5.51. The summed E-state index contributed by atoms with van der Waals surface area (Å²) in [4.78, 5) is 47.4. The Hall–Kier alpha value is -5.26. The zero-order valence-electron chi connectivity index (χ0n) is 26.7. The molecule has 0 saturated heterocycles. The third-order valence-electron chi connectivity index (χ3n) is 8.25. The van der Waals surface area contributed by atoms with Gasteiger partial charge in [0, 0.05) is 49.1 Å². The summed E-state index contributed by atoms with van der Waals surface area (Å²) in [5, 5.41) is 15.7. The summed E-state index contributed by atoms with van der Waals surface area (Å²) in [7, 11) is 1.98. The molecule has 1 aliphatic rings. The Morgan fingerprint density at radius 1 is 0.979 bits per heavy atom. The van der Waals surface area contributed by atoms with Crippen LogP contribution in [0.4, 0.5) is 17.1 Å². The number of aliphatic hydroxyl groups excluding tert-OH is 1. The Morgan fingerprint density at radius 2 is 1.62 bits per heavy atom. The third kappa shape index (κ3) is 7.94. The monoisotopic (exact) mass is 636 g/mol. The fraction of sp³-hybridized carbons (Fsp3) is 0.278. The van der Waals surface area contributed by atoms with E-state index in [2.05, 4.69) is 20.5 Å². The van der Waals surface area contributed by atoms with Gasteiger partial charge in [0.2, 0.25) is 0 Å². The first-order chi connectivity index (χ1) is 22.6. The largest absolute Gasteiger partial charge is 0.486 e. The van der Waals surface area contributed by atoms with Gasteiger partial charge in [0.05, 0.1) is 35.3 Å². The smallest absolute Gasteiger partial charge is 0.258 e. The molecule has 2 heterocycles. The second kappa shape index (κ2) is 14.9. The van der Waals surface area contributed by atoms with E-state index in [1.807, 2.05) is 45.2 Å². The third-order valence-corrected chi connectivity index (χ3v) is 8.25. The van der Waals surface area contributed by atoms with E-state index in [1.165, 1.54) is 12.4 Å². The Kier molecular flexibility index (Phi) is 10.5. The van der Waals surface area contributed by atoms with E-state index in [1.54, 1.807) is 59.5 Å². The standard InChI is InChI=1S/C36H40N6O5/c1-23-19-42(24(2)22-43)36(46)28-7-6-10-31(40-35(45)27-15-17-38-18-16-27)33(28)47-32(23)21-41(3)20-25-11-13-26(14-12-25)34(44)39-30-9-5-4-8-29(30)37/h4-18,23-24,32,43H,19-22,37H2,1-3H3,(H,39,44)(H,40,45)/t23-,24+,32-/m0/s1. The molecule has 1 aliphatic heterocycles. The molecule has 0 fully saturated rings. The van der Waals surface area contributed by atoms with Gasteiger partial charge in [-0.3, -0.25) is 24.3 Å². The van der Waals surface area contributed by atoms with E-state index in [0.717, 1.165) is 5.56 Å². The van der Waals surface area contributed by atoms with Gasteiger partial charge >= 0.3 is 0 Å². The van der Waals surface area contributed by atoms with Crippen molar-refractivity contribution in [3.05, 3.63) is 114 Å². The van der Waals surface area contributed by atoms with Crippen molar-refractivity contribution in [3.8, 4) is 5.75 Å². The van der Waals surface area contributed by atoms with Crippen LogP contribution in [0.15, 0.2) is 91.3 Å². The Labute approximate surface area is 274 Å². The zero-order chi connectivity index (χ0) is 33.5. The summed E-state index contributed by atoms with van der Waals surface area (Å²) in [5.41, 5.74) is 9.63. The SMILES string of the molecule is C[C@H](CO)N1C[C@H](C)[C@H](CN(C)Cc2ccc(C(=O)Nc3ccccc3N)cc2)Oc2c(NC(=O)c3ccncc3)cccc2C1=O. The number of aromatic nitrogens is 1. The average Bonchev–Trinajstić information content (AvgIpc) is 3.08. The van der Waals surface area contributed by atoms with Crippen LogP contribution in [-0.4, -0.2) is 76.5 Å². The molecule has 5 rings (SSSR count). The second-order valence-corrected chi connectivity index (χ2v) is 11.9. The number of benzene rings is 3. The van der Waals surface area contributed by atoms with Crippen molar-refractivity contribution in [2.24, 2.45) is 5.92 Å². The predicted molar refractivity (Wildman–Crippen MR) is 181 cm³/mol. The number of nitrogens with two attached hydrogens (primary N) is 1. The molecule has 3 aromatic carbocycles. The number of pyridine rings is 1. The molecule has 3 atom stereocenters. The van der Waals surface area contributed by atoms with E-state index in [9.17, 15) is 19.5 Å². The van der Waals surface area contributed by atoms with Crippen molar-refractivity contribution in [1.29, 1.82) is 0 Å². The number of aliphatic hydroxyl groups is 1. The predicted octanol–water partition coefficient (Wildman–Crippen LogP) is 4.52. The molecule has 0 radical (unpaired) electrons. The highest BCUT2D eigenvalue weighted by molar-refractivity contribution is 6.07. The van der Waals surface area contributed by atoms with Gasteiger partial charge in [0.25, 0.3) is 17.7 Å². The molecular formula is C36H40N6O5. The molecule has 4 aromatic rings. The molecule has 0 bridgehead atoms. The van der Waals surface area contributed by atoms with Crippen molar-refractivity contribution in [2.45, 2.75) is 32.5 Å². The maximum absolute atomic E-state index is 13.8. The Morgan fingerprint density at radius 3 is 2.30 bits per heavy atom. The van der Waals surface area contributed by atoms with Gasteiger partial charge in [-0.05, 0) is 68.1 Å². The molecule has 0 aliphatic carbocycles. The molecule has 0 unspecified atom stereocenters. The highest BCUT2D eigenvalue weighted by Crippen LogP contribution is 2.35. The van der Waals surface area contributed by atoms with Crippen LogP contribution in [0.1, 0.15) is 50.5 Å². The Balaban J connectivity index is 1.34. The lowest BCUT2D eigenvalue weighted by Gasteiger charge is -2.38. The number of nitrogens with zero attached hydrogens (tertiary/aromatic N) is 3. The van der Waals surface area contributed by atoms with Crippen LogP contribution in [0.2, 0.25) is 0 Å². The molecule has 244 valence electrons. The van der Waals surface area contributed by atoms with E-state index in [0.29, 0.717) is 53.4 Å². The summed E-state index contributed by atoms with van der Waals surface area (Å²) < 4.78 is 6.63. The summed E-state index contributed by atoms with van der Waals surface area (Å²) in [6, 6.07) is 22.4. The molecule has 5 N–H and O–H groups in total. The number of para-hydroxylation sites is 3. The van der Waals surface area contributed by atoms with Crippen LogP contribution in [0.5, 0.6) is 5.75 Å². The molecule has 0 saturated carbocycles. The van der Waals surface area contributed by atoms with Gasteiger partial charge in [-0.15, -0.1) is 0 Å². The maximum atomic E-state index is 13.8. The second-order valence-electron chi connectivity index (χ2n) is 11.9. The number of anilines is 3. The first-order valence-corrected chi connectivity index (χ1v) is 15.5. The summed E-state index contributed by atoms with van der Waals surface area (Å²) in [6.45, 7) is 5.08. The number of likely N-dealkylation sites (N-methyl/N-ethyl adjacent to an activating group) is 1. The number of carbonyl (C=O) groups is 3. The summed E-state index contributed by atoms with van der Waals surface area (Å²) in [6.07, 6.45) is 2.70. The van der Waals surface area contributed by atoms with Crippen LogP contribution >= 0.6 is 0 Å². The molecule has 0 spiro atoms. The van der Waals surface area contributed by atoms with Gasteiger partial charge < -0.3 is 31.1 Å². The fourth-order valence-corrected chi connectivity index (χ4v) is 5.51. The number of nitrogens with one attached hydrogen (secondary N) is 2. The van der Waals surface area contributed by atoms with E-state index < -0.39 is 6.04 Å². The van der Waals surface area contributed by atoms with E-state index in [-0.39, 0.29) is 42.1 Å². The van der Waals surface area contributed by atoms with E-state index in [4.69, 9.17) is 10.5 Å². The van der Waals surface area contributed by atoms with Crippen LogP contribution in [0, 0.1) is 5.92 Å². The molecule has 11 heteroatoms. The lowest BCUT2D eigenvalue weighted by Crippen LogP contribution is -2.49. The van der Waals surface area contributed by atoms with Gasteiger partial charge in [-0.1, -0.05) is 37.3 Å². The first kappa shape index (κ1) is 33.1. The van der Waals surface area contributed by atoms with Crippen LogP contribution in [0.25, 0.3) is 0 Å². The van der Waals surface area contributed by atoms with Crippen LogP contribution in [0.3, 0.4) is 0 Å². The molecule has 11 nitrogen and oxygen atoms in total. The van der Waals surface area contributed by atoms with Crippen molar-refractivity contribution >= 4 is 34.8 Å². The van der Waals surface area contributed by atoms with Crippen molar-refractivity contribution in [2.75, 3.05) is 43.1 Å². The highest BCUT2D eigenvalue weighted by Gasteiger charge is 2.34. The van der Waals surface area contributed by atoms with Crippen molar-refractivity contribution < 1.29 is 24.2 Å². The normalized spacial score (nSPS) is 16.8. The number of hydrogen-bond donors (Lipinski definition) is 4. The summed E-state index contributed by atoms with van der Waals surface area (Å²) in [5.74, 6) is -0.718. The van der Waals surface area contributed by atoms with Crippen molar-refractivity contribution in [1.82, 2.24) is 14.8 Å². The topological polar surface area (TPSA) is 150 Å². The maximum Gasteiger partial charge on any atom is 0.258 e. The number of rotatable bonds is 10. The van der Waals surface area contributed by atoms with Gasteiger partial charge in [0.15, 0.2) is 5.75 Å². The molecule has 1 aromatic heterocycles. The average molecular weight is 637 g/mol. The highest BCUT2D eigenvalue weighted by atomic mass is 16.5. The first-order valence-electron chi connectivity index (χ1n) is 15.5. The lowest BCUT2D eigenvalue weighted by molar-refractivity contribution is 0.0343. The van der Waals surface area contributed by atoms with Gasteiger partial charge in [0.1, 0.15) is 6.10 Å². The van der Waals surface area contributed by atoms with Crippen molar-refractivity contribution in [3.63, 3.8) is 0 Å².